The molecule has 2 N–H and O–H groups in total. The minimum atomic E-state index is 0.0444. The molecule has 0 unspecified atom stereocenters. The summed E-state index contributed by atoms with van der Waals surface area (Å²) in [6.45, 7) is 5.78. The molecule has 0 radical (unpaired) electrons. The average molecular weight is 302 g/mol. The Kier molecular flexibility index (Phi) is 4.73. The number of carbonyl (C=O) groups is 1. The second-order valence-electron chi connectivity index (χ2n) is 6.14. The quantitative estimate of drug-likeness (QED) is 0.864. The number of para-hydroxylation sites is 1. The SMILES string of the molecule is CCC[NH+]1CCC(NC(=O)Cc2noc3ccccc23)CC1. The van der Waals surface area contributed by atoms with E-state index < -0.39 is 0 Å². The number of nitrogens with one attached hydrogen (secondary N) is 2. The monoisotopic (exact) mass is 302 g/mol. The molecule has 118 valence electrons. The van der Waals surface area contributed by atoms with E-state index >= 15 is 0 Å². The Balaban J connectivity index is 1.53. The zero-order chi connectivity index (χ0) is 15.4. The molecule has 0 saturated carbocycles. The van der Waals surface area contributed by atoms with Gasteiger partial charge in [0.25, 0.3) is 0 Å². The highest BCUT2D eigenvalue weighted by Gasteiger charge is 2.23. The van der Waals surface area contributed by atoms with Crippen LogP contribution in [0.4, 0.5) is 0 Å². The summed E-state index contributed by atoms with van der Waals surface area (Å²) < 4.78 is 5.25. The third kappa shape index (κ3) is 3.47. The summed E-state index contributed by atoms with van der Waals surface area (Å²) >= 11 is 0. The van der Waals surface area contributed by atoms with E-state index in [2.05, 4.69) is 17.4 Å². The van der Waals surface area contributed by atoms with Crippen LogP contribution in [0.3, 0.4) is 0 Å². The highest BCUT2D eigenvalue weighted by molar-refractivity contribution is 5.86. The molecule has 0 bridgehead atoms. The molecular weight excluding hydrogens is 278 g/mol. The standard InChI is InChI=1S/C17H23N3O2/c1-2-9-20-10-7-13(8-11-20)18-17(21)12-15-14-5-3-4-6-16(14)22-19-15/h3-6,13H,2,7-12H2,1H3,(H,18,21)/p+1. The number of aromatic nitrogens is 1. The van der Waals surface area contributed by atoms with Gasteiger partial charge in [0.05, 0.1) is 26.1 Å². The van der Waals surface area contributed by atoms with Crippen molar-refractivity contribution in [2.75, 3.05) is 19.6 Å². The molecule has 1 aliphatic rings. The summed E-state index contributed by atoms with van der Waals surface area (Å²) in [6, 6.07) is 7.97. The molecule has 2 aromatic rings. The second kappa shape index (κ2) is 6.92. The van der Waals surface area contributed by atoms with Crippen molar-refractivity contribution in [3.05, 3.63) is 30.0 Å². The normalized spacial score (nSPS) is 21.9. The number of hydrogen-bond acceptors (Lipinski definition) is 3. The third-order valence-corrected chi connectivity index (χ3v) is 4.44. The predicted molar refractivity (Wildman–Crippen MR) is 84.7 cm³/mol. The van der Waals surface area contributed by atoms with E-state index in [-0.39, 0.29) is 5.91 Å². The number of nitrogens with zero attached hydrogens (tertiary/aromatic N) is 1. The van der Waals surface area contributed by atoms with Gasteiger partial charge < -0.3 is 14.7 Å². The lowest BCUT2D eigenvalue weighted by atomic mass is 10.0. The fourth-order valence-electron chi connectivity index (χ4n) is 3.27. The number of quaternary nitrogens is 1. The van der Waals surface area contributed by atoms with Crippen LogP contribution in [0.2, 0.25) is 0 Å². The molecule has 3 rings (SSSR count). The Bertz CT molecular complexity index is 630. The fourth-order valence-corrected chi connectivity index (χ4v) is 3.27. The zero-order valence-electron chi connectivity index (χ0n) is 13.1. The summed E-state index contributed by atoms with van der Waals surface area (Å²) in [5, 5.41) is 8.11. The van der Waals surface area contributed by atoms with E-state index in [1.165, 1.54) is 13.0 Å². The first-order valence-electron chi connectivity index (χ1n) is 8.22. The number of amides is 1. The van der Waals surface area contributed by atoms with Gasteiger partial charge in [0.2, 0.25) is 5.91 Å². The second-order valence-corrected chi connectivity index (χ2v) is 6.14. The van der Waals surface area contributed by atoms with E-state index in [4.69, 9.17) is 4.52 Å². The van der Waals surface area contributed by atoms with Crippen molar-refractivity contribution in [3.8, 4) is 0 Å². The van der Waals surface area contributed by atoms with Crippen molar-refractivity contribution in [2.24, 2.45) is 0 Å². The van der Waals surface area contributed by atoms with Gasteiger partial charge in [-0.2, -0.15) is 0 Å². The maximum atomic E-state index is 12.2. The van der Waals surface area contributed by atoms with Gasteiger partial charge in [0, 0.05) is 24.3 Å². The summed E-state index contributed by atoms with van der Waals surface area (Å²) in [7, 11) is 0. The molecule has 1 aromatic heterocycles. The predicted octanol–water partition coefficient (Wildman–Crippen LogP) is 0.944. The van der Waals surface area contributed by atoms with Crippen molar-refractivity contribution in [1.29, 1.82) is 0 Å². The maximum Gasteiger partial charge on any atom is 0.226 e. The molecule has 0 atom stereocenters. The minimum absolute atomic E-state index is 0.0444. The average Bonchev–Trinajstić information content (AvgIpc) is 2.93. The van der Waals surface area contributed by atoms with Crippen molar-refractivity contribution in [3.63, 3.8) is 0 Å². The highest BCUT2D eigenvalue weighted by Crippen LogP contribution is 2.18. The molecule has 5 heteroatoms. The van der Waals surface area contributed by atoms with E-state index in [0.717, 1.165) is 42.6 Å². The third-order valence-electron chi connectivity index (χ3n) is 4.44. The van der Waals surface area contributed by atoms with Crippen molar-refractivity contribution in [2.45, 2.75) is 38.6 Å². The van der Waals surface area contributed by atoms with Crippen LogP contribution in [0.25, 0.3) is 11.0 Å². The molecule has 2 heterocycles. The van der Waals surface area contributed by atoms with E-state index in [1.54, 1.807) is 4.90 Å². The molecule has 1 amide bonds. The summed E-state index contributed by atoms with van der Waals surface area (Å²) in [4.78, 5) is 13.9. The van der Waals surface area contributed by atoms with E-state index in [9.17, 15) is 4.79 Å². The number of rotatable bonds is 5. The Morgan fingerprint density at radius 1 is 1.36 bits per heavy atom. The van der Waals surface area contributed by atoms with Crippen LogP contribution in [0.1, 0.15) is 31.9 Å². The number of likely N-dealkylation sites (tertiary alicyclic amines) is 1. The number of piperidine rings is 1. The topological polar surface area (TPSA) is 59.6 Å². The lowest BCUT2D eigenvalue weighted by molar-refractivity contribution is -0.905. The highest BCUT2D eigenvalue weighted by atomic mass is 16.5. The Hall–Kier alpha value is -1.88. The molecule has 1 saturated heterocycles. The maximum absolute atomic E-state index is 12.2. The Morgan fingerprint density at radius 3 is 2.91 bits per heavy atom. The summed E-state index contributed by atoms with van der Waals surface area (Å²) in [6.07, 6.45) is 3.66. The van der Waals surface area contributed by atoms with Gasteiger partial charge in [-0.3, -0.25) is 4.79 Å². The Morgan fingerprint density at radius 2 is 2.14 bits per heavy atom. The van der Waals surface area contributed by atoms with Gasteiger partial charge in [0.1, 0.15) is 5.69 Å². The Labute approximate surface area is 130 Å². The molecule has 1 aromatic carbocycles. The van der Waals surface area contributed by atoms with Crippen molar-refractivity contribution < 1.29 is 14.2 Å². The largest absolute Gasteiger partial charge is 0.356 e. The number of carbonyl (C=O) groups excluding carboxylic acids is 1. The van der Waals surface area contributed by atoms with Crippen LogP contribution in [0.15, 0.2) is 28.8 Å². The van der Waals surface area contributed by atoms with Gasteiger partial charge in [-0.15, -0.1) is 0 Å². The smallest absolute Gasteiger partial charge is 0.226 e. The zero-order valence-corrected chi connectivity index (χ0v) is 13.1. The van der Waals surface area contributed by atoms with Gasteiger partial charge in [-0.25, -0.2) is 0 Å². The molecule has 0 spiro atoms. The van der Waals surface area contributed by atoms with Gasteiger partial charge in [-0.05, 0) is 18.6 Å². The van der Waals surface area contributed by atoms with Crippen molar-refractivity contribution in [1.82, 2.24) is 10.5 Å². The number of hydrogen-bond donors (Lipinski definition) is 2. The van der Waals surface area contributed by atoms with Crippen molar-refractivity contribution >= 4 is 16.9 Å². The van der Waals surface area contributed by atoms with Crippen LogP contribution < -0.4 is 10.2 Å². The summed E-state index contributed by atoms with van der Waals surface area (Å²) in [5.41, 5.74) is 1.46. The first-order valence-corrected chi connectivity index (χ1v) is 8.22. The number of benzene rings is 1. The van der Waals surface area contributed by atoms with Crippen LogP contribution in [-0.4, -0.2) is 36.7 Å². The van der Waals surface area contributed by atoms with Crippen LogP contribution in [0.5, 0.6) is 0 Å². The molecule has 22 heavy (non-hydrogen) atoms. The molecule has 1 aliphatic heterocycles. The van der Waals surface area contributed by atoms with Gasteiger partial charge in [-0.1, -0.05) is 24.2 Å². The first-order chi connectivity index (χ1) is 10.8. The molecule has 1 fully saturated rings. The fraction of sp³-hybridized carbons (Fsp3) is 0.529. The van der Waals surface area contributed by atoms with E-state index in [0.29, 0.717) is 12.5 Å². The van der Waals surface area contributed by atoms with Gasteiger partial charge in [0.15, 0.2) is 5.58 Å². The van der Waals surface area contributed by atoms with E-state index in [1.807, 2.05) is 24.3 Å². The van der Waals surface area contributed by atoms with Gasteiger partial charge >= 0.3 is 0 Å². The van der Waals surface area contributed by atoms with Crippen LogP contribution >= 0.6 is 0 Å². The lowest BCUT2D eigenvalue weighted by Crippen LogP contribution is -3.13. The minimum Gasteiger partial charge on any atom is -0.356 e. The molecule has 5 nitrogen and oxygen atoms in total. The molecule has 0 aliphatic carbocycles. The van der Waals surface area contributed by atoms with Crippen LogP contribution in [0, 0.1) is 0 Å². The lowest BCUT2D eigenvalue weighted by Gasteiger charge is -2.29. The molecular formula is C17H24N3O2+. The first kappa shape index (κ1) is 15.0. The van der Waals surface area contributed by atoms with Crippen LogP contribution in [-0.2, 0) is 11.2 Å². The summed E-state index contributed by atoms with van der Waals surface area (Å²) in [5.74, 6) is 0.0444. The number of fused-ring (bicyclic) bond motifs is 1.